The molecule has 2 aromatic rings. The molecule has 0 saturated carbocycles. The minimum absolute atomic E-state index is 0.160. The monoisotopic (exact) mass is 342 g/mol. The summed E-state index contributed by atoms with van der Waals surface area (Å²) in [6.45, 7) is 0. The van der Waals surface area contributed by atoms with Gasteiger partial charge in [-0.15, -0.1) is 11.3 Å². The van der Waals surface area contributed by atoms with Gasteiger partial charge in [-0.05, 0) is 33.4 Å². The summed E-state index contributed by atoms with van der Waals surface area (Å²) in [4.78, 5) is 24.1. The number of carbonyl (C=O) groups excluding carboxylic acids is 1. The number of hydrogen-bond donors (Lipinski definition) is 1. The van der Waals surface area contributed by atoms with Crippen molar-refractivity contribution in [2.24, 2.45) is 7.05 Å². The molecular formula is C12H11BrN2O3S. The van der Waals surface area contributed by atoms with Gasteiger partial charge in [0.2, 0.25) is 0 Å². The van der Waals surface area contributed by atoms with Crippen LogP contribution in [0.5, 0.6) is 5.75 Å². The highest BCUT2D eigenvalue weighted by Crippen LogP contribution is 2.25. The Morgan fingerprint density at radius 1 is 1.53 bits per heavy atom. The molecule has 0 fully saturated rings. The zero-order valence-corrected chi connectivity index (χ0v) is 12.7. The molecule has 5 nitrogen and oxygen atoms in total. The Morgan fingerprint density at radius 3 is 2.89 bits per heavy atom. The second-order valence-electron chi connectivity index (χ2n) is 3.76. The van der Waals surface area contributed by atoms with Gasteiger partial charge in [0.25, 0.3) is 11.5 Å². The maximum absolute atomic E-state index is 12.1. The van der Waals surface area contributed by atoms with E-state index in [1.54, 1.807) is 30.8 Å². The van der Waals surface area contributed by atoms with E-state index in [1.165, 1.54) is 23.0 Å². The van der Waals surface area contributed by atoms with E-state index >= 15 is 0 Å². The first-order valence-electron chi connectivity index (χ1n) is 5.32. The summed E-state index contributed by atoms with van der Waals surface area (Å²) >= 11 is 4.45. The van der Waals surface area contributed by atoms with Crippen molar-refractivity contribution in [3.8, 4) is 5.75 Å². The van der Waals surface area contributed by atoms with Gasteiger partial charge in [0.15, 0.2) is 0 Å². The van der Waals surface area contributed by atoms with Gasteiger partial charge in [-0.25, -0.2) is 0 Å². The van der Waals surface area contributed by atoms with Gasteiger partial charge in [-0.2, -0.15) is 0 Å². The van der Waals surface area contributed by atoms with Crippen LogP contribution in [0.15, 0.2) is 33.0 Å². The van der Waals surface area contributed by atoms with Gasteiger partial charge in [0, 0.05) is 13.2 Å². The molecule has 0 spiro atoms. The van der Waals surface area contributed by atoms with Crippen LogP contribution in [-0.2, 0) is 7.05 Å². The number of hydrogen-bond acceptors (Lipinski definition) is 4. The largest absolute Gasteiger partial charge is 0.495 e. The highest BCUT2D eigenvalue weighted by molar-refractivity contribution is 9.10. The van der Waals surface area contributed by atoms with E-state index < -0.39 is 0 Å². The summed E-state index contributed by atoms with van der Waals surface area (Å²) in [6, 6.07) is 3.30. The predicted octanol–water partition coefficient (Wildman–Crippen LogP) is 2.47. The number of amides is 1. The number of nitrogens with zero attached hydrogens (tertiary/aromatic N) is 1. The number of anilines is 1. The van der Waals surface area contributed by atoms with Gasteiger partial charge in [0.05, 0.1) is 17.3 Å². The molecule has 0 aromatic carbocycles. The molecule has 100 valence electrons. The number of halogens is 1. The van der Waals surface area contributed by atoms with Crippen LogP contribution in [0, 0.1) is 0 Å². The first-order chi connectivity index (χ1) is 9.02. The maximum Gasteiger partial charge on any atom is 0.269 e. The molecule has 2 heterocycles. The Morgan fingerprint density at radius 2 is 2.26 bits per heavy atom. The summed E-state index contributed by atoms with van der Waals surface area (Å²) in [5.74, 6) is 0.267. The maximum atomic E-state index is 12.1. The summed E-state index contributed by atoms with van der Waals surface area (Å²) in [5.41, 5.74) is 0.376. The van der Waals surface area contributed by atoms with Crippen LogP contribution in [0.1, 0.15) is 9.67 Å². The van der Waals surface area contributed by atoms with E-state index in [-0.39, 0.29) is 11.5 Å². The molecule has 19 heavy (non-hydrogen) atoms. The number of aromatic nitrogens is 1. The average Bonchev–Trinajstić information content (AvgIpc) is 2.84. The minimum Gasteiger partial charge on any atom is -0.495 e. The van der Waals surface area contributed by atoms with Gasteiger partial charge < -0.3 is 14.6 Å². The molecule has 2 aromatic heterocycles. The summed E-state index contributed by atoms with van der Waals surface area (Å²) in [5, 5.41) is 4.51. The van der Waals surface area contributed by atoms with Crippen molar-refractivity contribution in [3.05, 3.63) is 43.4 Å². The molecule has 0 radical (unpaired) electrons. The number of methoxy groups -OCH3 is 1. The topological polar surface area (TPSA) is 60.3 Å². The fraction of sp³-hybridized carbons (Fsp3) is 0.167. The smallest absolute Gasteiger partial charge is 0.269 e. The van der Waals surface area contributed by atoms with E-state index in [0.29, 0.717) is 20.8 Å². The molecule has 1 N–H and O–H groups in total. The lowest BCUT2D eigenvalue weighted by Gasteiger charge is -2.07. The van der Waals surface area contributed by atoms with Crippen molar-refractivity contribution in [1.29, 1.82) is 0 Å². The molecule has 0 aliphatic carbocycles. The second-order valence-corrected chi connectivity index (χ2v) is 5.54. The fourth-order valence-electron chi connectivity index (χ4n) is 1.55. The minimum atomic E-state index is -0.266. The third-order valence-corrected chi connectivity index (χ3v) is 3.92. The molecule has 1 amide bonds. The summed E-state index contributed by atoms with van der Waals surface area (Å²) < 4.78 is 6.88. The van der Waals surface area contributed by atoms with Crippen LogP contribution < -0.4 is 15.6 Å². The predicted molar refractivity (Wildman–Crippen MR) is 78.2 cm³/mol. The Bertz CT molecular complexity index is 652. The lowest BCUT2D eigenvalue weighted by atomic mass is 10.3. The molecule has 7 heteroatoms. The third-order valence-electron chi connectivity index (χ3n) is 2.45. The Labute approximate surface area is 122 Å². The molecule has 0 unspecified atom stereocenters. The Hall–Kier alpha value is -1.60. The fourth-order valence-corrected chi connectivity index (χ4v) is 2.83. The molecule has 0 aliphatic rings. The average molecular weight is 343 g/mol. The zero-order chi connectivity index (χ0) is 14.0. The van der Waals surface area contributed by atoms with Crippen LogP contribution >= 0.6 is 27.3 Å². The standard InChI is InChI=1S/C12H11BrN2O3S/c1-15-6-7(5-8(13)12(15)17)14-11(16)10-9(18-2)3-4-19-10/h3-6H,1-2H3,(H,14,16). The summed E-state index contributed by atoms with van der Waals surface area (Å²) in [7, 11) is 3.14. The van der Waals surface area contributed by atoms with Crippen molar-refractivity contribution >= 4 is 38.9 Å². The van der Waals surface area contributed by atoms with Crippen LogP contribution in [0.2, 0.25) is 0 Å². The normalized spacial score (nSPS) is 10.3. The quantitative estimate of drug-likeness (QED) is 0.931. The van der Waals surface area contributed by atoms with Crippen LogP contribution in [0.4, 0.5) is 5.69 Å². The highest BCUT2D eigenvalue weighted by atomic mass is 79.9. The van der Waals surface area contributed by atoms with Crippen molar-refractivity contribution in [2.45, 2.75) is 0 Å². The van der Waals surface area contributed by atoms with Gasteiger partial charge in [-0.3, -0.25) is 9.59 Å². The van der Waals surface area contributed by atoms with E-state index in [1.807, 2.05) is 0 Å². The number of rotatable bonds is 3. The lowest BCUT2D eigenvalue weighted by Crippen LogP contribution is -2.19. The molecule has 0 bridgehead atoms. The van der Waals surface area contributed by atoms with E-state index in [0.717, 1.165) is 0 Å². The number of carbonyl (C=O) groups is 1. The van der Waals surface area contributed by atoms with E-state index in [2.05, 4.69) is 21.2 Å². The first kappa shape index (κ1) is 13.8. The first-order valence-corrected chi connectivity index (χ1v) is 6.99. The number of thiophene rings is 1. The number of pyridine rings is 1. The van der Waals surface area contributed by atoms with Gasteiger partial charge in [0.1, 0.15) is 10.6 Å². The number of ether oxygens (including phenoxy) is 1. The van der Waals surface area contributed by atoms with E-state index in [4.69, 9.17) is 4.74 Å². The van der Waals surface area contributed by atoms with Crippen molar-refractivity contribution in [3.63, 3.8) is 0 Å². The van der Waals surface area contributed by atoms with Crippen LogP contribution in [0.3, 0.4) is 0 Å². The van der Waals surface area contributed by atoms with Crippen molar-refractivity contribution < 1.29 is 9.53 Å². The number of nitrogens with one attached hydrogen (secondary N) is 1. The van der Waals surface area contributed by atoms with Crippen molar-refractivity contribution in [1.82, 2.24) is 4.57 Å². The Balaban J connectivity index is 2.27. The lowest BCUT2D eigenvalue weighted by molar-refractivity contribution is 0.102. The molecule has 0 atom stereocenters. The molecule has 0 saturated heterocycles. The molecule has 2 rings (SSSR count). The van der Waals surface area contributed by atoms with Crippen molar-refractivity contribution in [2.75, 3.05) is 12.4 Å². The van der Waals surface area contributed by atoms with Crippen LogP contribution in [-0.4, -0.2) is 17.6 Å². The van der Waals surface area contributed by atoms with E-state index in [9.17, 15) is 9.59 Å². The highest BCUT2D eigenvalue weighted by Gasteiger charge is 2.14. The second kappa shape index (κ2) is 5.58. The van der Waals surface area contributed by atoms with Crippen LogP contribution in [0.25, 0.3) is 0 Å². The third kappa shape index (κ3) is 2.87. The van der Waals surface area contributed by atoms with Gasteiger partial charge >= 0.3 is 0 Å². The number of aryl methyl sites for hydroxylation is 1. The summed E-state index contributed by atoms with van der Waals surface area (Å²) in [6.07, 6.45) is 1.56. The molecule has 0 aliphatic heterocycles. The van der Waals surface area contributed by atoms with Gasteiger partial charge in [-0.1, -0.05) is 0 Å². The molecular weight excluding hydrogens is 332 g/mol. The Kier molecular flexibility index (Phi) is 4.06. The SMILES string of the molecule is COc1ccsc1C(=O)Nc1cc(Br)c(=O)n(C)c1. The zero-order valence-electron chi connectivity index (χ0n) is 10.3.